The summed E-state index contributed by atoms with van der Waals surface area (Å²) in [7, 11) is 0. The van der Waals surface area contributed by atoms with Gasteiger partial charge < -0.3 is 9.64 Å². The number of carbonyl (C=O) groups excluding carboxylic acids is 2. The Kier molecular flexibility index (Phi) is 2.58. The van der Waals surface area contributed by atoms with Gasteiger partial charge in [0.05, 0.1) is 12.2 Å². The van der Waals surface area contributed by atoms with Crippen molar-refractivity contribution in [1.82, 2.24) is 0 Å². The Morgan fingerprint density at radius 3 is 2.78 bits per heavy atom. The van der Waals surface area contributed by atoms with Crippen LogP contribution in [-0.2, 0) is 4.79 Å². The van der Waals surface area contributed by atoms with Crippen LogP contribution < -0.4 is 9.64 Å². The lowest BCUT2D eigenvalue weighted by molar-refractivity contribution is -0.120. The average Bonchev–Trinajstić information content (AvgIpc) is 3.20. The van der Waals surface area contributed by atoms with E-state index in [2.05, 4.69) is 0 Å². The molecule has 2 aliphatic rings. The molecule has 1 aromatic carbocycles. The molecule has 1 saturated carbocycles. The van der Waals surface area contributed by atoms with E-state index >= 15 is 0 Å². The van der Waals surface area contributed by atoms with Crippen LogP contribution in [0.5, 0.6) is 5.75 Å². The van der Waals surface area contributed by atoms with Crippen LogP contribution in [0, 0.1) is 5.92 Å². The summed E-state index contributed by atoms with van der Waals surface area (Å²) in [5, 5.41) is 0. The molecule has 1 aliphatic carbocycles. The molecule has 0 radical (unpaired) electrons. The summed E-state index contributed by atoms with van der Waals surface area (Å²) in [5.74, 6) is 1.04. The fourth-order valence-electron chi connectivity index (χ4n) is 2.22. The zero-order chi connectivity index (χ0) is 12.7. The van der Waals surface area contributed by atoms with Crippen molar-refractivity contribution in [3.8, 4) is 5.75 Å². The number of ketones is 1. The van der Waals surface area contributed by atoms with Crippen molar-refractivity contribution in [2.45, 2.75) is 19.8 Å². The molecule has 0 bridgehead atoms. The SMILES string of the molecule is CC(=O)c1ccc2c(c1)N(C(=O)C1CC1)CCO2. The fraction of sp³-hybridized carbons (Fsp3) is 0.429. The highest BCUT2D eigenvalue weighted by Crippen LogP contribution is 2.38. The smallest absolute Gasteiger partial charge is 0.230 e. The van der Waals surface area contributed by atoms with Crippen LogP contribution in [0.15, 0.2) is 18.2 Å². The molecule has 94 valence electrons. The number of Topliss-reactive ketones (excluding diaryl/α,β-unsaturated/α-hetero) is 1. The highest BCUT2D eigenvalue weighted by atomic mass is 16.5. The number of amides is 1. The largest absolute Gasteiger partial charge is 0.490 e. The molecule has 1 aromatic rings. The van der Waals surface area contributed by atoms with Gasteiger partial charge in [-0.2, -0.15) is 0 Å². The summed E-state index contributed by atoms with van der Waals surface area (Å²) in [6.07, 6.45) is 1.97. The lowest BCUT2D eigenvalue weighted by Gasteiger charge is -2.30. The number of ether oxygens (including phenoxy) is 1. The van der Waals surface area contributed by atoms with E-state index in [1.165, 1.54) is 6.92 Å². The number of rotatable bonds is 2. The molecule has 1 heterocycles. The molecule has 1 aliphatic heterocycles. The fourth-order valence-corrected chi connectivity index (χ4v) is 2.22. The molecule has 18 heavy (non-hydrogen) atoms. The minimum Gasteiger partial charge on any atom is -0.490 e. The zero-order valence-electron chi connectivity index (χ0n) is 10.3. The van der Waals surface area contributed by atoms with Crippen molar-refractivity contribution < 1.29 is 14.3 Å². The van der Waals surface area contributed by atoms with Gasteiger partial charge in [0.1, 0.15) is 12.4 Å². The third-order valence-corrected chi connectivity index (χ3v) is 3.42. The van der Waals surface area contributed by atoms with Gasteiger partial charge in [-0.25, -0.2) is 0 Å². The third kappa shape index (κ3) is 1.88. The molecule has 0 aromatic heterocycles. The van der Waals surface area contributed by atoms with Crippen LogP contribution >= 0.6 is 0 Å². The Hall–Kier alpha value is -1.84. The maximum Gasteiger partial charge on any atom is 0.230 e. The van der Waals surface area contributed by atoms with E-state index < -0.39 is 0 Å². The molecule has 0 atom stereocenters. The van der Waals surface area contributed by atoms with Gasteiger partial charge in [0.25, 0.3) is 0 Å². The van der Waals surface area contributed by atoms with E-state index in [-0.39, 0.29) is 17.6 Å². The molecule has 4 heteroatoms. The van der Waals surface area contributed by atoms with E-state index in [9.17, 15) is 9.59 Å². The normalized spacial score (nSPS) is 17.9. The lowest BCUT2D eigenvalue weighted by Crippen LogP contribution is -2.39. The van der Waals surface area contributed by atoms with Gasteiger partial charge in [0, 0.05) is 11.5 Å². The predicted octanol–water partition coefficient (Wildman–Crippen LogP) is 2.02. The predicted molar refractivity (Wildman–Crippen MR) is 67.0 cm³/mol. The van der Waals surface area contributed by atoms with Crippen LogP contribution in [0.2, 0.25) is 0 Å². The van der Waals surface area contributed by atoms with Crippen LogP contribution in [-0.4, -0.2) is 24.8 Å². The summed E-state index contributed by atoms with van der Waals surface area (Å²) in [5.41, 5.74) is 1.36. The second-order valence-electron chi connectivity index (χ2n) is 4.85. The van der Waals surface area contributed by atoms with Crippen molar-refractivity contribution in [3.63, 3.8) is 0 Å². The number of fused-ring (bicyclic) bond motifs is 1. The Bertz CT molecular complexity index is 520. The summed E-state index contributed by atoms with van der Waals surface area (Å²) in [6.45, 7) is 2.62. The van der Waals surface area contributed by atoms with Crippen molar-refractivity contribution in [2.24, 2.45) is 5.92 Å². The van der Waals surface area contributed by atoms with Gasteiger partial charge in [-0.1, -0.05) is 0 Å². The van der Waals surface area contributed by atoms with E-state index in [1.807, 2.05) is 0 Å². The topological polar surface area (TPSA) is 46.6 Å². The number of hydrogen-bond donors (Lipinski definition) is 0. The minimum atomic E-state index is 0.00203. The van der Waals surface area contributed by atoms with Gasteiger partial charge in [-0.05, 0) is 38.0 Å². The van der Waals surface area contributed by atoms with Crippen molar-refractivity contribution in [3.05, 3.63) is 23.8 Å². The molecule has 4 nitrogen and oxygen atoms in total. The minimum absolute atomic E-state index is 0.00203. The molecular weight excluding hydrogens is 230 g/mol. The molecule has 1 amide bonds. The first-order valence-electron chi connectivity index (χ1n) is 6.26. The molecule has 1 fully saturated rings. The summed E-state index contributed by atoms with van der Waals surface area (Å²) in [4.78, 5) is 25.4. The summed E-state index contributed by atoms with van der Waals surface area (Å²) < 4.78 is 5.53. The molecule has 0 N–H and O–H groups in total. The second-order valence-corrected chi connectivity index (χ2v) is 4.85. The molecule has 0 spiro atoms. The first kappa shape index (κ1) is 11.3. The third-order valence-electron chi connectivity index (χ3n) is 3.42. The Morgan fingerprint density at radius 1 is 1.33 bits per heavy atom. The van der Waals surface area contributed by atoms with Crippen LogP contribution in [0.4, 0.5) is 5.69 Å². The molecule has 0 unspecified atom stereocenters. The maximum absolute atomic E-state index is 12.2. The van der Waals surface area contributed by atoms with Crippen molar-refractivity contribution in [1.29, 1.82) is 0 Å². The van der Waals surface area contributed by atoms with Crippen molar-refractivity contribution >= 4 is 17.4 Å². The quantitative estimate of drug-likeness (QED) is 0.749. The number of hydrogen-bond acceptors (Lipinski definition) is 3. The monoisotopic (exact) mass is 245 g/mol. The van der Waals surface area contributed by atoms with Gasteiger partial charge in [0.15, 0.2) is 5.78 Å². The van der Waals surface area contributed by atoms with Crippen LogP contribution in [0.25, 0.3) is 0 Å². The lowest BCUT2D eigenvalue weighted by atomic mass is 10.1. The molecule has 3 rings (SSSR count). The highest BCUT2D eigenvalue weighted by Gasteiger charge is 2.36. The summed E-state index contributed by atoms with van der Waals surface area (Å²) >= 11 is 0. The first-order chi connectivity index (χ1) is 8.66. The Balaban J connectivity index is 1.99. The molecule has 0 saturated heterocycles. The van der Waals surface area contributed by atoms with E-state index in [4.69, 9.17) is 4.74 Å². The zero-order valence-corrected chi connectivity index (χ0v) is 10.3. The number of anilines is 1. The van der Waals surface area contributed by atoms with Gasteiger partial charge in [-0.3, -0.25) is 9.59 Å². The number of carbonyl (C=O) groups is 2. The number of nitrogens with zero attached hydrogens (tertiary/aromatic N) is 1. The van der Waals surface area contributed by atoms with Crippen LogP contribution in [0.3, 0.4) is 0 Å². The summed E-state index contributed by atoms with van der Waals surface area (Å²) in [6, 6.07) is 5.28. The maximum atomic E-state index is 12.2. The van der Waals surface area contributed by atoms with Gasteiger partial charge in [0.2, 0.25) is 5.91 Å². The first-order valence-corrected chi connectivity index (χ1v) is 6.26. The van der Waals surface area contributed by atoms with E-state index in [0.29, 0.717) is 24.5 Å². The van der Waals surface area contributed by atoms with Crippen molar-refractivity contribution in [2.75, 3.05) is 18.1 Å². The van der Waals surface area contributed by atoms with Crippen LogP contribution in [0.1, 0.15) is 30.1 Å². The Labute approximate surface area is 106 Å². The molecular formula is C14H15NO3. The highest BCUT2D eigenvalue weighted by molar-refractivity contribution is 6.01. The van der Waals surface area contributed by atoms with E-state index in [1.54, 1.807) is 23.1 Å². The standard InChI is InChI=1S/C14H15NO3/c1-9(16)11-4-5-13-12(8-11)15(6-7-18-13)14(17)10-2-3-10/h4-5,8,10H,2-3,6-7H2,1H3. The number of benzene rings is 1. The second kappa shape index (κ2) is 4.12. The van der Waals surface area contributed by atoms with Gasteiger partial charge >= 0.3 is 0 Å². The van der Waals surface area contributed by atoms with Gasteiger partial charge in [-0.15, -0.1) is 0 Å². The average molecular weight is 245 g/mol. The Morgan fingerprint density at radius 2 is 2.11 bits per heavy atom. The van der Waals surface area contributed by atoms with E-state index in [0.717, 1.165) is 18.5 Å².